The fourth-order valence-electron chi connectivity index (χ4n) is 3.76. The van der Waals surface area contributed by atoms with Crippen LogP contribution < -0.4 is 16.0 Å². The first-order valence-corrected chi connectivity index (χ1v) is 9.85. The predicted octanol–water partition coefficient (Wildman–Crippen LogP) is 2.10. The van der Waals surface area contributed by atoms with Crippen LogP contribution in [-0.4, -0.2) is 57.9 Å². The molecule has 9 nitrogen and oxygen atoms in total. The number of fused-ring (bicyclic) bond motifs is 1. The first kappa shape index (κ1) is 19.1. The second-order valence-corrected chi connectivity index (χ2v) is 7.24. The number of nitrogens with zero attached hydrogens (tertiary/aromatic N) is 4. The zero-order chi connectivity index (χ0) is 20.2. The van der Waals surface area contributed by atoms with Gasteiger partial charge in [0.1, 0.15) is 5.52 Å². The molecule has 1 saturated heterocycles. The van der Waals surface area contributed by atoms with Gasteiger partial charge in [-0.3, -0.25) is 9.69 Å². The van der Waals surface area contributed by atoms with Gasteiger partial charge in [0.05, 0.1) is 6.33 Å². The Hall–Kier alpha value is -3.20. The molecule has 2 aromatic heterocycles. The van der Waals surface area contributed by atoms with Crippen molar-refractivity contribution in [1.82, 2.24) is 30.2 Å². The number of aromatic nitrogens is 4. The molecule has 0 unspecified atom stereocenters. The maximum absolute atomic E-state index is 11.8. The summed E-state index contributed by atoms with van der Waals surface area (Å²) in [6.45, 7) is 2.72. The number of benzene rings is 1. The number of nitrogens with one attached hydrogen (secondary N) is 4. The molecule has 3 aromatic rings. The van der Waals surface area contributed by atoms with Gasteiger partial charge in [0.15, 0.2) is 11.5 Å². The largest absolute Gasteiger partial charge is 0.371 e. The van der Waals surface area contributed by atoms with E-state index in [0.29, 0.717) is 17.4 Å². The smallest absolute Gasteiger partial charge is 0.231 e. The van der Waals surface area contributed by atoms with Crippen molar-refractivity contribution in [3.63, 3.8) is 0 Å². The van der Waals surface area contributed by atoms with Crippen molar-refractivity contribution in [1.29, 1.82) is 0 Å². The lowest BCUT2D eigenvalue weighted by atomic mass is 9.95. The summed E-state index contributed by atoms with van der Waals surface area (Å²) in [7, 11) is 3.53. The van der Waals surface area contributed by atoms with E-state index in [1.807, 2.05) is 19.2 Å². The van der Waals surface area contributed by atoms with E-state index in [1.165, 1.54) is 5.56 Å². The van der Waals surface area contributed by atoms with Crippen molar-refractivity contribution in [3.05, 3.63) is 36.2 Å². The van der Waals surface area contributed by atoms with Crippen LogP contribution in [0.15, 0.2) is 30.6 Å². The van der Waals surface area contributed by atoms with Crippen LogP contribution in [0.2, 0.25) is 0 Å². The van der Waals surface area contributed by atoms with Crippen LogP contribution in [0.1, 0.15) is 18.4 Å². The molecule has 0 aliphatic carbocycles. The average molecular weight is 394 g/mol. The van der Waals surface area contributed by atoms with E-state index < -0.39 is 0 Å². The Balaban J connectivity index is 1.42. The second kappa shape index (κ2) is 8.44. The van der Waals surface area contributed by atoms with Gasteiger partial charge in [-0.1, -0.05) is 12.1 Å². The predicted molar refractivity (Wildman–Crippen MR) is 113 cm³/mol. The minimum Gasteiger partial charge on any atom is -0.371 e. The normalized spacial score (nSPS) is 15.4. The highest BCUT2D eigenvalue weighted by Gasteiger charge is 2.24. The lowest BCUT2D eigenvalue weighted by Crippen LogP contribution is -2.39. The minimum atomic E-state index is 0.139. The number of likely N-dealkylation sites (tertiary alicyclic amines) is 1. The highest BCUT2D eigenvalue weighted by molar-refractivity contribution is 5.84. The fourth-order valence-corrected chi connectivity index (χ4v) is 3.76. The molecule has 4 N–H and O–H groups in total. The molecule has 1 aliphatic rings. The number of carbonyl (C=O) groups excluding carboxylic acids is 1. The molecule has 1 fully saturated rings. The lowest BCUT2D eigenvalue weighted by molar-refractivity contribution is -0.125. The van der Waals surface area contributed by atoms with Crippen molar-refractivity contribution < 1.29 is 4.79 Å². The Labute approximate surface area is 169 Å². The van der Waals surface area contributed by atoms with Gasteiger partial charge in [0.2, 0.25) is 11.9 Å². The molecule has 1 aliphatic heterocycles. The van der Waals surface area contributed by atoms with Gasteiger partial charge < -0.3 is 20.9 Å². The second-order valence-electron chi connectivity index (χ2n) is 7.24. The Morgan fingerprint density at radius 3 is 2.83 bits per heavy atom. The van der Waals surface area contributed by atoms with Gasteiger partial charge in [-0.25, -0.2) is 4.98 Å². The summed E-state index contributed by atoms with van der Waals surface area (Å²) in [6.07, 6.45) is 3.42. The first-order chi connectivity index (χ1) is 14.2. The number of aromatic amines is 1. The number of H-pyrrole nitrogens is 1. The molecular weight excluding hydrogens is 368 g/mol. The van der Waals surface area contributed by atoms with Gasteiger partial charge in [-0.15, -0.1) is 0 Å². The van der Waals surface area contributed by atoms with E-state index >= 15 is 0 Å². The number of hydrogen-bond donors (Lipinski definition) is 4. The van der Waals surface area contributed by atoms with Gasteiger partial charge >= 0.3 is 0 Å². The third-order valence-electron chi connectivity index (χ3n) is 5.32. The molecule has 0 saturated carbocycles. The van der Waals surface area contributed by atoms with Gasteiger partial charge in [-0.2, -0.15) is 9.97 Å². The Bertz CT molecular complexity index is 993. The van der Waals surface area contributed by atoms with Gasteiger partial charge in [0.25, 0.3) is 0 Å². The van der Waals surface area contributed by atoms with E-state index in [4.69, 9.17) is 0 Å². The quantitative estimate of drug-likeness (QED) is 0.507. The van der Waals surface area contributed by atoms with Gasteiger partial charge in [-0.05, 0) is 43.6 Å². The third-order valence-corrected chi connectivity index (χ3v) is 5.32. The monoisotopic (exact) mass is 394 g/mol. The number of hydrogen-bond acceptors (Lipinski definition) is 7. The molecule has 0 radical (unpaired) electrons. The van der Waals surface area contributed by atoms with Crippen LogP contribution in [-0.2, 0) is 11.3 Å². The molecule has 29 heavy (non-hydrogen) atoms. The molecule has 0 bridgehead atoms. The summed E-state index contributed by atoms with van der Waals surface area (Å²) in [4.78, 5) is 30.4. The van der Waals surface area contributed by atoms with Crippen LogP contribution in [0.4, 0.5) is 17.5 Å². The van der Waals surface area contributed by atoms with Crippen LogP contribution in [0.5, 0.6) is 0 Å². The maximum atomic E-state index is 11.8. The Kier molecular flexibility index (Phi) is 5.57. The highest BCUT2D eigenvalue weighted by Crippen LogP contribution is 2.23. The van der Waals surface area contributed by atoms with Crippen LogP contribution in [0.3, 0.4) is 0 Å². The van der Waals surface area contributed by atoms with Crippen molar-refractivity contribution in [2.75, 3.05) is 37.8 Å². The van der Waals surface area contributed by atoms with Crippen molar-refractivity contribution in [2.24, 2.45) is 5.92 Å². The topological polar surface area (TPSA) is 111 Å². The Morgan fingerprint density at radius 2 is 2.07 bits per heavy atom. The summed E-state index contributed by atoms with van der Waals surface area (Å²) in [5.41, 5.74) is 3.54. The molecule has 1 amide bonds. The zero-order valence-corrected chi connectivity index (χ0v) is 16.7. The number of piperidine rings is 1. The minimum absolute atomic E-state index is 0.139. The van der Waals surface area contributed by atoms with Crippen LogP contribution in [0.25, 0.3) is 11.2 Å². The number of anilines is 3. The molecule has 3 heterocycles. The summed E-state index contributed by atoms with van der Waals surface area (Å²) < 4.78 is 0. The summed E-state index contributed by atoms with van der Waals surface area (Å²) >= 11 is 0. The number of carbonyl (C=O) groups is 1. The molecule has 1 aromatic carbocycles. The molecule has 9 heteroatoms. The first-order valence-electron chi connectivity index (χ1n) is 9.85. The Morgan fingerprint density at radius 1 is 1.24 bits per heavy atom. The molecule has 152 valence electrons. The third kappa shape index (κ3) is 4.29. The number of imidazole rings is 1. The van der Waals surface area contributed by atoms with Crippen molar-refractivity contribution in [3.8, 4) is 0 Å². The zero-order valence-electron chi connectivity index (χ0n) is 16.7. The van der Waals surface area contributed by atoms with E-state index in [9.17, 15) is 4.79 Å². The van der Waals surface area contributed by atoms with E-state index in [-0.39, 0.29) is 11.8 Å². The average Bonchev–Trinajstić information content (AvgIpc) is 3.22. The molecule has 0 atom stereocenters. The lowest BCUT2D eigenvalue weighted by Gasteiger charge is -2.31. The maximum Gasteiger partial charge on any atom is 0.231 e. The fraction of sp³-hybridized carbons (Fsp3) is 0.400. The molecule has 4 rings (SSSR count). The SMILES string of the molecule is CNC(=O)C1CCN(Cc2cccc(Nc3nc(NC)c4[nH]cnc4n3)c2)CC1. The van der Waals surface area contributed by atoms with E-state index in [2.05, 4.69) is 52.9 Å². The van der Waals surface area contributed by atoms with E-state index in [0.717, 1.165) is 43.7 Å². The van der Waals surface area contributed by atoms with Crippen LogP contribution in [0, 0.1) is 5.92 Å². The molecular formula is C20H26N8O. The number of amides is 1. The summed E-state index contributed by atoms with van der Waals surface area (Å²) in [5, 5.41) is 9.11. The number of rotatable bonds is 6. The summed E-state index contributed by atoms with van der Waals surface area (Å²) in [6, 6.07) is 8.26. The van der Waals surface area contributed by atoms with Crippen molar-refractivity contribution in [2.45, 2.75) is 19.4 Å². The highest BCUT2D eigenvalue weighted by atomic mass is 16.1. The summed E-state index contributed by atoms with van der Waals surface area (Å²) in [5.74, 6) is 1.49. The van der Waals surface area contributed by atoms with E-state index in [1.54, 1.807) is 13.4 Å². The standard InChI is InChI=1S/C20H26N8O/c1-21-17-16-18(24-12-23-16)27-20(26-17)25-15-5-3-4-13(10-15)11-28-8-6-14(7-9-28)19(29)22-2/h3-5,10,12,14H,6-9,11H2,1-2H3,(H,22,29)(H3,21,23,24,25,26,27). The molecule has 0 spiro atoms. The van der Waals surface area contributed by atoms with Gasteiger partial charge in [0, 0.05) is 32.2 Å². The van der Waals surface area contributed by atoms with Crippen LogP contribution >= 0.6 is 0 Å². The van der Waals surface area contributed by atoms with Crippen molar-refractivity contribution >= 4 is 34.5 Å².